The van der Waals surface area contributed by atoms with Crippen molar-refractivity contribution in [1.82, 2.24) is 0 Å². The Balaban J connectivity index is 1.44. The van der Waals surface area contributed by atoms with Gasteiger partial charge in [-0.1, -0.05) is 30.0 Å². The van der Waals surface area contributed by atoms with E-state index in [9.17, 15) is 9.59 Å². The lowest BCUT2D eigenvalue weighted by Gasteiger charge is -2.10. The molecule has 0 fully saturated rings. The molecule has 0 bridgehead atoms. The van der Waals surface area contributed by atoms with E-state index in [1.807, 2.05) is 36.4 Å². The van der Waals surface area contributed by atoms with Crippen LogP contribution in [0.15, 0.2) is 59.2 Å². The van der Waals surface area contributed by atoms with Gasteiger partial charge < -0.3 is 15.4 Å². The van der Waals surface area contributed by atoms with Crippen molar-refractivity contribution in [3.63, 3.8) is 0 Å². The van der Waals surface area contributed by atoms with Crippen molar-refractivity contribution in [2.24, 2.45) is 4.99 Å². The Labute approximate surface area is 186 Å². The van der Waals surface area contributed by atoms with Crippen LogP contribution in [0.25, 0.3) is 0 Å². The summed E-state index contributed by atoms with van der Waals surface area (Å²) in [5.74, 6) is -0.169. The number of ether oxygens (including phenoxy) is 1. The van der Waals surface area contributed by atoms with Crippen molar-refractivity contribution in [3.8, 4) is 0 Å². The summed E-state index contributed by atoms with van der Waals surface area (Å²) in [7, 11) is 0. The molecule has 4 rings (SSSR count). The van der Waals surface area contributed by atoms with E-state index in [1.54, 1.807) is 6.92 Å². The standard InChI is InChI=1S/C24H25N3O3S/c1-2-30-24(29)14-19-13-23(27-21-9-4-3-8-20(21)25-19)31-15-22(28)26-18-11-10-16-6-5-7-17(16)12-18/h3-4,8-13,25H,2,5-7,14-15H2,1H3,(H,26,28). The summed E-state index contributed by atoms with van der Waals surface area (Å²) in [4.78, 5) is 29.2. The fraction of sp³-hybridized carbons (Fsp3) is 0.292. The number of benzene rings is 2. The van der Waals surface area contributed by atoms with Gasteiger partial charge in [0.25, 0.3) is 0 Å². The minimum absolute atomic E-state index is 0.0866. The fourth-order valence-corrected chi connectivity index (χ4v) is 4.45. The Bertz CT molecular complexity index is 1060. The molecule has 2 aliphatic rings. The van der Waals surface area contributed by atoms with Crippen LogP contribution >= 0.6 is 11.8 Å². The molecular weight excluding hydrogens is 410 g/mol. The zero-order valence-corrected chi connectivity index (χ0v) is 18.3. The first kappa shape index (κ1) is 21.2. The van der Waals surface area contributed by atoms with Crippen molar-refractivity contribution >= 4 is 45.7 Å². The highest BCUT2D eigenvalue weighted by molar-refractivity contribution is 8.14. The molecule has 6 nitrogen and oxygen atoms in total. The molecule has 0 unspecified atom stereocenters. The molecule has 0 saturated carbocycles. The number of thioether (sulfide) groups is 1. The predicted molar refractivity (Wildman–Crippen MR) is 126 cm³/mol. The normalized spacial score (nSPS) is 14.4. The molecule has 2 N–H and O–H groups in total. The quantitative estimate of drug-likeness (QED) is 0.635. The molecule has 31 heavy (non-hydrogen) atoms. The SMILES string of the molecule is CCOC(=O)CC1=CC(SCC(=O)Nc2ccc3c(c2)CCC3)=Nc2ccccc2N1. The Morgan fingerprint density at radius 2 is 2.00 bits per heavy atom. The molecule has 7 heteroatoms. The average Bonchev–Trinajstić information content (AvgIpc) is 3.13. The Morgan fingerprint density at radius 3 is 2.87 bits per heavy atom. The van der Waals surface area contributed by atoms with Gasteiger partial charge in [0.1, 0.15) is 0 Å². The Kier molecular flexibility index (Phi) is 6.72. The lowest BCUT2D eigenvalue weighted by Crippen LogP contribution is -2.15. The summed E-state index contributed by atoms with van der Waals surface area (Å²) in [5, 5.41) is 6.91. The summed E-state index contributed by atoms with van der Waals surface area (Å²) in [6.07, 6.45) is 5.30. The van der Waals surface area contributed by atoms with E-state index in [4.69, 9.17) is 4.74 Å². The van der Waals surface area contributed by atoms with Gasteiger partial charge in [-0.2, -0.15) is 0 Å². The molecule has 0 atom stereocenters. The molecule has 2 aromatic carbocycles. The van der Waals surface area contributed by atoms with Crippen LogP contribution in [0.3, 0.4) is 0 Å². The number of fused-ring (bicyclic) bond motifs is 2. The van der Waals surface area contributed by atoms with Crippen LogP contribution in [-0.4, -0.2) is 29.3 Å². The summed E-state index contributed by atoms with van der Waals surface area (Å²) in [5.41, 5.74) is 5.81. The number of hydrogen-bond acceptors (Lipinski definition) is 6. The van der Waals surface area contributed by atoms with Crippen molar-refractivity contribution in [2.75, 3.05) is 23.0 Å². The number of nitrogens with zero attached hydrogens (tertiary/aromatic N) is 1. The van der Waals surface area contributed by atoms with Crippen LogP contribution in [0.4, 0.5) is 17.1 Å². The number of carbonyl (C=O) groups is 2. The number of para-hydroxylation sites is 2. The molecule has 160 valence electrons. The van der Waals surface area contributed by atoms with Gasteiger partial charge in [0.15, 0.2) is 0 Å². The smallest absolute Gasteiger partial charge is 0.311 e. The molecule has 0 radical (unpaired) electrons. The van der Waals surface area contributed by atoms with E-state index in [0.29, 0.717) is 17.3 Å². The number of aryl methyl sites for hydroxylation is 2. The van der Waals surface area contributed by atoms with E-state index in [1.165, 1.54) is 29.3 Å². The molecule has 0 saturated heterocycles. The van der Waals surface area contributed by atoms with Crippen LogP contribution in [0.5, 0.6) is 0 Å². The topological polar surface area (TPSA) is 79.8 Å². The van der Waals surface area contributed by atoms with Gasteiger partial charge in [-0.05, 0) is 67.7 Å². The van der Waals surface area contributed by atoms with Crippen LogP contribution in [0.2, 0.25) is 0 Å². The number of rotatable bonds is 6. The number of anilines is 2. The summed E-state index contributed by atoms with van der Waals surface area (Å²) < 4.78 is 5.07. The summed E-state index contributed by atoms with van der Waals surface area (Å²) >= 11 is 1.34. The number of amides is 1. The van der Waals surface area contributed by atoms with E-state index >= 15 is 0 Å². The molecular formula is C24H25N3O3S. The highest BCUT2D eigenvalue weighted by atomic mass is 32.2. The van der Waals surface area contributed by atoms with E-state index < -0.39 is 0 Å². The predicted octanol–water partition coefficient (Wildman–Crippen LogP) is 4.84. The van der Waals surface area contributed by atoms with Crippen LogP contribution in [-0.2, 0) is 27.2 Å². The third-order valence-electron chi connectivity index (χ3n) is 5.10. The number of carbonyl (C=O) groups excluding carboxylic acids is 2. The molecule has 0 aromatic heterocycles. The van der Waals surface area contributed by atoms with Crippen LogP contribution in [0, 0.1) is 0 Å². The molecule has 2 aromatic rings. The minimum Gasteiger partial charge on any atom is -0.466 e. The second-order valence-electron chi connectivity index (χ2n) is 7.42. The van der Waals surface area contributed by atoms with Crippen molar-refractivity contribution in [3.05, 3.63) is 65.4 Å². The zero-order valence-electron chi connectivity index (χ0n) is 17.4. The third kappa shape index (κ3) is 5.55. The van der Waals surface area contributed by atoms with Crippen molar-refractivity contribution < 1.29 is 14.3 Å². The number of esters is 1. The molecule has 1 aliphatic heterocycles. The number of aliphatic imine (C=N–C) groups is 1. The Morgan fingerprint density at radius 1 is 1.16 bits per heavy atom. The van der Waals surface area contributed by atoms with Gasteiger partial charge in [-0.15, -0.1) is 0 Å². The largest absolute Gasteiger partial charge is 0.466 e. The zero-order chi connectivity index (χ0) is 21.6. The summed E-state index contributed by atoms with van der Waals surface area (Å²) in [6, 6.07) is 13.8. The second-order valence-corrected chi connectivity index (χ2v) is 8.41. The van der Waals surface area contributed by atoms with Gasteiger partial charge in [0, 0.05) is 11.4 Å². The number of hydrogen-bond donors (Lipinski definition) is 2. The second kappa shape index (κ2) is 9.83. The number of nitrogens with one attached hydrogen (secondary N) is 2. The summed E-state index contributed by atoms with van der Waals surface area (Å²) in [6.45, 7) is 2.12. The molecule has 1 amide bonds. The maximum absolute atomic E-state index is 12.5. The average molecular weight is 436 g/mol. The fourth-order valence-electron chi connectivity index (χ4n) is 3.71. The highest BCUT2D eigenvalue weighted by Crippen LogP contribution is 2.31. The van der Waals surface area contributed by atoms with Crippen molar-refractivity contribution in [2.45, 2.75) is 32.6 Å². The molecule has 1 heterocycles. The van der Waals surface area contributed by atoms with Crippen LogP contribution < -0.4 is 10.6 Å². The first-order valence-electron chi connectivity index (χ1n) is 10.5. The first-order chi connectivity index (χ1) is 15.1. The van der Waals surface area contributed by atoms with Gasteiger partial charge >= 0.3 is 5.97 Å². The van der Waals surface area contributed by atoms with Gasteiger partial charge in [-0.25, -0.2) is 4.99 Å². The maximum Gasteiger partial charge on any atom is 0.311 e. The highest BCUT2D eigenvalue weighted by Gasteiger charge is 2.16. The first-order valence-corrected chi connectivity index (χ1v) is 11.4. The Hall–Kier alpha value is -3.06. The molecule has 1 aliphatic carbocycles. The van der Waals surface area contributed by atoms with Gasteiger partial charge in [0.2, 0.25) is 5.91 Å². The maximum atomic E-state index is 12.5. The van der Waals surface area contributed by atoms with Crippen LogP contribution in [0.1, 0.15) is 30.9 Å². The lowest BCUT2D eigenvalue weighted by atomic mass is 10.1. The monoisotopic (exact) mass is 435 g/mol. The van der Waals surface area contributed by atoms with Gasteiger partial charge in [0.05, 0.1) is 35.2 Å². The van der Waals surface area contributed by atoms with E-state index in [2.05, 4.69) is 27.8 Å². The lowest BCUT2D eigenvalue weighted by molar-refractivity contribution is -0.142. The molecule has 0 spiro atoms. The van der Waals surface area contributed by atoms with Crippen molar-refractivity contribution in [1.29, 1.82) is 0 Å². The third-order valence-corrected chi connectivity index (χ3v) is 6.01. The van der Waals surface area contributed by atoms with Gasteiger partial charge in [-0.3, -0.25) is 9.59 Å². The minimum atomic E-state index is -0.306. The van der Waals surface area contributed by atoms with E-state index in [-0.39, 0.29) is 24.1 Å². The van der Waals surface area contributed by atoms with E-state index in [0.717, 1.165) is 29.9 Å².